The Morgan fingerprint density at radius 1 is 1.62 bits per heavy atom. The molecule has 6 heteroatoms. The molecule has 0 radical (unpaired) electrons. The lowest BCUT2D eigenvalue weighted by Gasteiger charge is -2.13. The van der Waals surface area contributed by atoms with Crippen molar-refractivity contribution in [3.05, 3.63) is 0 Å². The van der Waals surface area contributed by atoms with Gasteiger partial charge in [0.25, 0.3) is 0 Å². The Hall–Kier alpha value is -0.910. The molecule has 2 rings (SSSR count). The topological polar surface area (TPSA) is 61.8 Å². The summed E-state index contributed by atoms with van der Waals surface area (Å²) in [5, 5.41) is 0. The fraction of sp³-hybridized carbons (Fsp3) is 0.714. The van der Waals surface area contributed by atoms with Gasteiger partial charge in [-0.3, -0.25) is 4.79 Å². The van der Waals surface area contributed by atoms with Crippen molar-refractivity contribution in [3.8, 4) is 0 Å². The second kappa shape index (κ2) is 3.10. The van der Waals surface area contributed by atoms with Crippen molar-refractivity contribution in [1.29, 1.82) is 0 Å². The van der Waals surface area contributed by atoms with Crippen molar-refractivity contribution in [3.63, 3.8) is 0 Å². The molecule has 5 nitrogen and oxygen atoms in total. The highest BCUT2D eigenvalue weighted by molar-refractivity contribution is 8.00. The van der Waals surface area contributed by atoms with Crippen LogP contribution in [0, 0.1) is 0 Å². The zero-order chi connectivity index (χ0) is 9.42. The fourth-order valence-corrected chi connectivity index (χ4v) is 2.58. The third-order valence-corrected chi connectivity index (χ3v) is 3.04. The lowest BCUT2D eigenvalue weighted by Crippen LogP contribution is -2.29. The predicted octanol–water partition coefficient (Wildman–Crippen LogP) is 0.526. The van der Waals surface area contributed by atoms with E-state index in [0.29, 0.717) is 5.75 Å². The van der Waals surface area contributed by atoms with Crippen LogP contribution < -0.4 is 0 Å². The normalized spacial score (nSPS) is 36.4. The highest BCUT2D eigenvalue weighted by Crippen LogP contribution is 2.36. The summed E-state index contributed by atoms with van der Waals surface area (Å²) < 4.78 is 14.6. The monoisotopic (exact) mass is 204 g/mol. The number of esters is 1. The lowest BCUT2D eigenvalue weighted by molar-refractivity contribution is -0.145. The van der Waals surface area contributed by atoms with Gasteiger partial charge in [0.15, 0.2) is 17.6 Å². The van der Waals surface area contributed by atoms with E-state index in [1.165, 1.54) is 18.7 Å². The Kier molecular flexibility index (Phi) is 2.07. The molecule has 0 saturated carbocycles. The van der Waals surface area contributed by atoms with Gasteiger partial charge in [-0.25, -0.2) is 4.79 Å². The van der Waals surface area contributed by atoms with Crippen molar-refractivity contribution in [2.24, 2.45) is 0 Å². The summed E-state index contributed by atoms with van der Waals surface area (Å²) in [7, 11) is 0. The summed E-state index contributed by atoms with van der Waals surface area (Å²) in [6.45, 7) is 1.32. The Morgan fingerprint density at radius 2 is 2.38 bits per heavy atom. The summed E-state index contributed by atoms with van der Waals surface area (Å²) in [5.74, 6) is 0.245. The standard InChI is InChI=1S/C7H8O5S/c1-3(8)10-6-5-4(2-13-6)11-7(9)12-5/h4-6H,2H2,1H3/t4-,5+,6+/m1/s1. The van der Waals surface area contributed by atoms with Gasteiger partial charge in [0, 0.05) is 12.7 Å². The highest BCUT2D eigenvalue weighted by Gasteiger charge is 2.49. The Labute approximate surface area is 78.7 Å². The summed E-state index contributed by atoms with van der Waals surface area (Å²) in [5.41, 5.74) is -0.408. The van der Waals surface area contributed by atoms with E-state index >= 15 is 0 Å². The second-order valence-corrected chi connectivity index (χ2v) is 3.93. The molecule has 0 aromatic heterocycles. The Morgan fingerprint density at radius 3 is 3.08 bits per heavy atom. The number of hydrogen-bond acceptors (Lipinski definition) is 6. The molecule has 2 fully saturated rings. The van der Waals surface area contributed by atoms with Crippen molar-refractivity contribution < 1.29 is 23.8 Å². The first kappa shape index (κ1) is 8.68. The molecule has 2 aliphatic heterocycles. The van der Waals surface area contributed by atoms with Crippen LogP contribution in [-0.2, 0) is 19.0 Å². The lowest BCUT2D eigenvalue weighted by atomic mass is 10.2. The minimum absolute atomic E-state index is 0.262. The molecule has 0 N–H and O–H groups in total. The SMILES string of the molecule is CC(=O)O[C@H]1SC[C@H]2OC(=O)O[C@@H]21. The molecule has 13 heavy (non-hydrogen) atoms. The molecular weight excluding hydrogens is 196 g/mol. The van der Waals surface area contributed by atoms with Gasteiger partial charge in [0.2, 0.25) is 0 Å². The molecule has 0 aromatic rings. The summed E-state index contributed by atoms with van der Waals surface area (Å²) in [6.07, 6.45) is -1.37. The Balaban J connectivity index is 2.00. The van der Waals surface area contributed by atoms with Crippen LogP contribution in [0.3, 0.4) is 0 Å². The van der Waals surface area contributed by atoms with Crippen LogP contribution >= 0.6 is 11.8 Å². The number of fused-ring (bicyclic) bond motifs is 1. The molecule has 0 spiro atoms. The predicted molar refractivity (Wildman–Crippen MR) is 43.2 cm³/mol. The molecule has 0 amide bonds. The van der Waals surface area contributed by atoms with Crippen LogP contribution in [0.4, 0.5) is 4.79 Å². The van der Waals surface area contributed by atoms with Gasteiger partial charge in [0.1, 0.15) is 0 Å². The van der Waals surface area contributed by atoms with E-state index in [-0.39, 0.29) is 12.1 Å². The molecule has 0 aromatic carbocycles. The first-order valence-corrected chi connectivity index (χ1v) is 4.88. The van der Waals surface area contributed by atoms with E-state index in [1.807, 2.05) is 0 Å². The highest BCUT2D eigenvalue weighted by atomic mass is 32.2. The maximum Gasteiger partial charge on any atom is 0.509 e. The van der Waals surface area contributed by atoms with Crippen LogP contribution in [0.5, 0.6) is 0 Å². The third-order valence-electron chi connectivity index (χ3n) is 1.82. The van der Waals surface area contributed by atoms with Crippen LogP contribution in [0.2, 0.25) is 0 Å². The maximum atomic E-state index is 10.7. The molecule has 2 saturated heterocycles. The number of carbonyl (C=O) groups is 2. The molecule has 0 aliphatic carbocycles. The number of carbonyl (C=O) groups excluding carboxylic acids is 2. The quantitative estimate of drug-likeness (QED) is 0.580. The molecular formula is C7H8O5S. The van der Waals surface area contributed by atoms with E-state index < -0.39 is 17.7 Å². The first-order chi connectivity index (χ1) is 6.16. The van der Waals surface area contributed by atoms with Gasteiger partial charge in [-0.15, -0.1) is 11.8 Å². The summed E-state index contributed by atoms with van der Waals surface area (Å²) in [6, 6.07) is 0. The van der Waals surface area contributed by atoms with E-state index in [9.17, 15) is 9.59 Å². The van der Waals surface area contributed by atoms with Crippen molar-refractivity contribution in [2.45, 2.75) is 24.6 Å². The fourth-order valence-electron chi connectivity index (χ4n) is 1.31. The number of ether oxygens (including phenoxy) is 3. The molecule has 0 unspecified atom stereocenters. The molecule has 3 atom stereocenters. The summed E-state index contributed by atoms with van der Waals surface area (Å²) >= 11 is 1.42. The van der Waals surface area contributed by atoms with Gasteiger partial charge in [-0.1, -0.05) is 0 Å². The first-order valence-electron chi connectivity index (χ1n) is 3.83. The molecule has 2 aliphatic rings. The second-order valence-electron chi connectivity index (χ2n) is 2.80. The van der Waals surface area contributed by atoms with E-state index in [1.54, 1.807) is 0 Å². The van der Waals surface area contributed by atoms with Gasteiger partial charge < -0.3 is 14.2 Å². The van der Waals surface area contributed by atoms with Gasteiger partial charge in [0.05, 0.1) is 0 Å². The largest absolute Gasteiger partial charge is 0.509 e. The molecule has 2 heterocycles. The van der Waals surface area contributed by atoms with Crippen LogP contribution in [0.15, 0.2) is 0 Å². The van der Waals surface area contributed by atoms with Crippen molar-refractivity contribution in [2.75, 3.05) is 5.75 Å². The number of thioether (sulfide) groups is 1. The third kappa shape index (κ3) is 1.58. The molecule has 0 bridgehead atoms. The average molecular weight is 204 g/mol. The maximum absolute atomic E-state index is 10.7. The van der Waals surface area contributed by atoms with Gasteiger partial charge in [-0.2, -0.15) is 0 Å². The average Bonchev–Trinajstić information content (AvgIpc) is 2.51. The van der Waals surface area contributed by atoms with E-state index in [0.717, 1.165) is 0 Å². The Bertz CT molecular complexity index is 253. The zero-order valence-electron chi connectivity index (χ0n) is 6.89. The van der Waals surface area contributed by atoms with Crippen molar-refractivity contribution in [1.82, 2.24) is 0 Å². The number of hydrogen-bond donors (Lipinski definition) is 0. The van der Waals surface area contributed by atoms with Crippen LogP contribution in [-0.4, -0.2) is 35.5 Å². The number of rotatable bonds is 1. The van der Waals surface area contributed by atoms with Crippen molar-refractivity contribution >= 4 is 23.9 Å². The van der Waals surface area contributed by atoms with Gasteiger partial charge >= 0.3 is 12.1 Å². The van der Waals surface area contributed by atoms with Gasteiger partial charge in [-0.05, 0) is 0 Å². The smallest absolute Gasteiger partial charge is 0.447 e. The summed E-state index contributed by atoms with van der Waals surface area (Å²) in [4.78, 5) is 21.3. The van der Waals surface area contributed by atoms with E-state index in [2.05, 4.69) is 0 Å². The minimum atomic E-state index is -0.674. The van der Waals surface area contributed by atoms with Crippen LogP contribution in [0.25, 0.3) is 0 Å². The zero-order valence-corrected chi connectivity index (χ0v) is 7.71. The van der Waals surface area contributed by atoms with E-state index in [4.69, 9.17) is 14.2 Å². The minimum Gasteiger partial charge on any atom is -0.447 e. The molecule has 72 valence electrons. The van der Waals surface area contributed by atoms with Crippen LogP contribution in [0.1, 0.15) is 6.92 Å².